The highest BCUT2D eigenvalue weighted by Gasteiger charge is 2.05. The summed E-state index contributed by atoms with van der Waals surface area (Å²) in [5.74, 6) is 4.69. The van der Waals surface area contributed by atoms with Gasteiger partial charge in [0.05, 0.1) is 0 Å². The average Bonchev–Trinajstić information content (AvgIpc) is 2.03. The molecule has 0 heterocycles. The highest BCUT2D eigenvalue weighted by Crippen LogP contribution is 1.97. The van der Waals surface area contributed by atoms with Gasteiger partial charge in [0.2, 0.25) is 6.29 Å². The second kappa shape index (κ2) is 7.62. The molecule has 0 amide bonds. The summed E-state index contributed by atoms with van der Waals surface area (Å²) in [5, 5.41) is 0. The summed E-state index contributed by atoms with van der Waals surface area (Å²) >= 11 is 0. The van der Waals surface area contributed by atoms with E-state index in [4.69, 9.17) is 11.6 Å². The van der Waals surface area contributed by atoms with E-state index >= 15 is 0 Å². The van der Waals surface area contributed by atoms with Gasteiger partial charge in [0.15, 0.2) is 0 Å². The van der Waals surface area contributed by atoms with Crippen LogP contribution in [0.25, 0.3) is 0 Å². The maximum absolute atomic E-state index is 10.1. The third kappa shape index (κ3) is 5.93. The normalized spacial score (nSPS) is 12.9. The van der Waals surface area contributed by atoms with Crippen molar-refractivity contribution in [3.8, 4) is 0 Å². The van der Waals surface area contributed by atoms with E-state index in [0.29, 0.717) is 13.0 Å². The average molecular weight is 160 g/mol. The Hall–Kier alpha value is -0.490. The Labute approximate surface area is 66.0 Å². The lowest BCUT2D eigenvalue weighted by molar-refractivity contribution is 0.0271. The SMILES string of the molecule is NCCCC[C@@H]([C]=O)NON. The van der Waals surface area contributed by atoms with Crippen LogP contribution in [0.4, 0.5) is 0 Å². The van der Waals surface area contributed by atoms with Crippen LogP contribution in [0.5, 0.6) is 0 Å². The van der Waals surface area contributed by atoms with Crippen LogP contribution in [0.3, 0.4) is 0 Å². The summed E-state index contributed by atoms with van der Waals surface area (Å²) in [5.41, 5.74) is 7.56. The van der Waals surface area contributed by atoms with E-state index in [1.165, 1.54) is 0 Å². The topological polar surface area (TPSA) is 90.4 Å². The van der Waals surface area contributed by atoms with E-state index in [-0.39, 0.29) is 0 Å². The molecule has 0 spiro atoms. The fourth-order valence-electron chi connectivity index (χ4n) is 0.717. The van der Waals surface area contributed by atoms with Crippen molar-refractivity contribution >= 4 is 6.29 Å². The van der Waals surface area contributed by atoms with Gasteiger partial charge in [-0.3, -0.25) is 4.79 Å². The van der Waals surface area contributed by atoms with Crippen molar-refractivity contribution in [1.29, 1.82) is 0 Å². The predicted molar refractivity (Wildman–Crippen MR) is 40.8 cm³/mol. The largest absolute Gasteiger partial charge is 0.330 e. The van der Waals surface area contributed by atoms with Crippen LogP contribution in [-0.4, -0.2) is 18.9 Å². The van der Waals surface area contributed by atoms with Gasteiger partial charge >= 0.3 is 0 Å². The van der Waals surface area contributed by atoms with E-state index in [9.17, 15) is 4.79 Å². The maximum Gasteiger partial charge on any atom is 0.219 e. The molecular weight excluding hydrogens is 146 g/mol. The number of hydroxylamine groups is 1. The quantitative estimate of drug-likeness (QED) is 0.328. The van der Waals surface area contributed by atoms with E-state index in [1.54, 1.807) is 6.29 Å². The van der Waals surface area contributed by atoms with Crippen molar-refractivity contribution in [3.63, 3.8) is 0 Å². The third-order valence-corrected chi connectivity index (χ3v) is 1.30. The molecule has 0 aromatic heterocycles. The third-order valence-electron chi connectivity index (χ3n) is 1.30. The van der Waals surface area contributed by atoms with Crippen LogP contribution in [0.2, 0.25) is 0 Å². The zero-order chi connectivity index (χ0) is 8.53. The van der Waals surface area contributed by atoms with Gasteiger partial charge in [-0.25, -0.2) is 4.94 Å². The Morgan fingerprint density at radius 1 is 1.55 bits per heavy atom. The van der Waals surface area contributed by atoms with Gasteiger partial charge in [-0.15, -0.1) is 0 Å². The molecule has 0 aromatic carbocycles. The van der Waals surface area contributed by atoms with Crippen LogP contribution < -0.4 is 17.1 Å². The summed E-state index contributed by atoms with van der Waals surface area (Å²) < 4.78 is 0. The Kier molecular flexibility index (Phi) is 7.28. The fraction of sp³-hybridized carbons (Fsp3) is 0.833. The van der Waals surface area contributed by atoms with Gasteiger partial charge in [-0.2, -0.15) is 11.4 Å². The summed E-state index contributed by atoms with van der Waals surface area (Å²) in [6, 6.07) is -0.438. The number of carbonyl (C=O) groups excluding carboxylic acids is 1. The van der Waals surface area contributed by atoms with Crippen LogP contribution in [0, 0.1) is 0 Å². The Bertz CT molecular complexity index is 99.8. The number of nitrogens with one attached hydrogen (secondary N) is 1. The lowest BCUT2D eigenvalue weighted by Crippen LogP contribution is -2.32. The molecule has 0 fully saturated rings. The highest BCUT2D eigenvalue weighted by atomic mass is 16.8. The predicted octanol–water partition coefficient (Wildman–Crippen LogP) is -1.01. The maximum atomic E-state index is 10.1. The summed E-state index contributed by atoms with van der Waals surface area (Å²) in [4.78, 5) is 14.2. The summed E-state index contributed by atoms with van der Waals surface area (Å²) in [6.45, 7) is 0.634. The second-order valence-electron chi connectivity index (χ2n) is 2.19. The molecule has 5 heteroatoms. The number of unbranched alkanes of at least 4 members (excludes halogenated alkanes) is 1. The molecule has 65 valence electrons. The van der Waals surface area contributed by atoms with E-state index in [0.717, 1.165) is 12.8 Å². The van der Waals surface area contributed by atoms with Crippen LogP contribution >= 0.6 is 0 Å². The molecule has 5 nitrogen and oxygen atoms in total. The number of hydrogen-bond donors (Lipinski definition) is 3. The van der Waals surface area contributed by atoms with Gasteiger partial charge in [0.25, 0.3) is 0 Å². The Balaban J connectivity index is 3.28. The molecule has 1 radical (unpaired) electrons. The zero-order valence-electron chi connectivity index (χ0n) is 6.38. The second-order valence-corrected chi connectivity index (χ2v) is 2.19. The highest BCUT2D eigenvalue weighted by molar-refractivity contribution is 5.57. The summed E-state index contributed by atoms with van der Waals surface area (Å²) in [7, 11) is 0. The van der Waals surface area contributed by atoms with Crippen molar-refractivity contribution in [2.75, 3.05) is 6.54 Å². The molecular formula is C6H14N3O2. The minimum Gasteiger partial charge on any atom is -0.330 e. The molecule has 0 aliphatic heterocycles. The van der Waals surface area contributed by atoms with E-state index in [2.05, 4.69) is 10.4 Å². The summed E-state index contributed by atoms with van der Waals surface area (Å²) in [6.07, 6.45) is 4.17. The number of hydrogen-bond acceptors (Lipinski definition) is 5. The lowest BCUT2D eigenvalue weighted by Gasteiger charge is -2.07. The minimum atomic E-state index is -0.438. The van der Waals surface area contributed by atoms with Crippen LogP contribution in [0.15, 0.2) is 0 Å². The molecule has 11 heavy (non-hydrogen) atoms. The van der Waals surface area contributed by atoms with Gasteiger partial charge in [-0.05, 0) is 19.4 Å². The van der Waals surface area contributed by atoms with Crippen LogP contribution in [-0.2, 0) is 9.73 Å². The molecule has 0 rings (SSSR count). The molecule has 5 N–H and O–H groups in total. The van der Waals surface area contributed by atoms with Gasteiger partial charge < -0.3 is 5.73 Å². The molecule has 0 aliphatic rings. The minimum absolute atomic E-state index is 0.438. The van der Waals surface area contributed by atoms with Gasteiger partial charge in [0.1, 0.15) is 6.04 Å². The fourth-order valence-corrected chi connectivity index (χ4v) is 0.717. The Morgan fingerprint density at radius 2 is 2.27 bits per heavy atom. The van der Waals surface area contributed by atoms with Crippen molar-refractivity contribution in [2.24, 2.45) is 11.6 Å². The first kappa shape index (κ1) is 10.5. The molecule has 0 unspecified atom stereocenters. The molecule has 0 bridgehead atoms. The molecule has 0 saturated carbocycles. The van der Waals surface area contributed by atoms with Crippen LogP contribution in [0.1, 0.15) is 19.3 Å². The lowest BCUT2D eigenvalue weighted by atomic mass is 10.1. The first-order valence-electron chi connectivity index (χ1n) is 3.54. The first-order valence-corrected chi connectivity index (χ1v) is 3.54. The van der Waals surface area contributed by atoms with E-state index < -0.39 is 6.04 Å². The molecule has 0 saturated heterocycles. The number of rotatable bonds is 7. The van der Waals surface area contributed by atoms with Gasteiger partial charge in [0, 0.05) is 0 Å². The molecule has 0 aromatic rings. The Morgan fingerprint density at radius 3 is 2.73 bits per heavy atom. The van der Waals surface area contributed by atoms with Crippen molar-refractivity contribution in [2.45, 2.75) is 25.3 Å². The van der Waals surface area contributed by atoms with Gasteiger partial charge in [-0.1, -0.05) is 6.42 Å². The number of nitrogens with two attached hydrogens (primary N) is 2. The van der Waals surface area contributed by atoms with E-state index in [1.807, 2.05) is 0 Å². The molecule has 0 aliphatic carbocycles. The first-order chi connectivity index (χ1) is 5.35. The van der Waals surface area contributed by atoms with Crippen molar-refractivity contribution in [3.05, 3.63) is 0 Å². The standard InChI is InChI=1S/C6H14N3O2/c7-4-2-1-3-6(5-10)9-11-8/h6,9H,1-4,7-8H2/t6-/m0/s1. The monoisotopic (exact) mass is 160 g/mol. The smallest absolute Gasteiger partial charge is 0.219 e. The van der Waals surface area contributed by atoms with Crippen molar-refractivity contribution < 1.29 is 9.73 Å². The molecule has 1 atom stereocenters. The zero-order valence-corrected chi connectivity index (χ0v) is 6.38. The van der Waals surface area contributed by atoms with Crippen molar-refractivity contribution in [1.82, 2.24) is 5.48 Å².